The van der Waals surface area contributed by atoms with Crippen molar-refractivity contribution in [2.45, 2.75) is 38.1 Å². The SMILES string of the molecule is O=C(NCCN1CCN(c2ccc(Cl)cc2)CC1)NC1CCCCC1. The van der Waals surface area contributed by atoms with Gasteiger partial charge in [-0.1, -0.05) is 30.9 Å². The Hall–Kier alpha value is -1.46. The normalized spacial score (nSPS) is 19.6. The molecule has 0 radical (unpaired) electrons. The van der Waals surface area contributed by atoms with Crippen LogP contribution in [0.4, 0.5) is 10.5 Å². The average molecular weight is 365 g/mol. The van der Waals surface area contributed by atoms with Crippen LogP contribution in [0.25, 0.3) is 0 Å². The number of nitrogens with one attached hydrogen (secondary N) is 2. The molecule has 2 N–H and O–H groups in total. The first kappa shape index (κ1) is 18.3. The molecule has 1 aliphatic heterocycles. The van der Waals surface area contributed by atoms with E-state index in [1.54, 1.807) is 0 Å². The van der Waals surface area contributed by atoms with E-state index in [4.69, 9.17) is 11.6 Å². The van der Waals surface area contributed by atoms with Gasteiger partial charge in [-0.2, -0.15) is 0 Å². The third-order valence-electron chi connectivity index (χ3n) is 5.22. The molecule has 138 valence electrons. The molecule has 0 bridgehead atoms. The van der Waals surface area contributed by atoms with Gasteiger partial charge in [0.25, 0.3) is 0 Å². The van der Waals surface area contributed by atoms with Crippen molar-refractivity contribution in [3.05, 3.63) is 29.3 Å². The Labute approximate surface area is 155 Å². The van der Waals surface area contributed by atoms with Crippen LogP contribution in [0.3, 0.4) is 0 Å². The van der Waals surface area contributed by atoms with Crippen LogP contribution >= 0.6 is 11.6 Å². The quantitative estimate of drug-likeness (QED) is 0.844. The zero-order valence-corrected chi connectivity index (χ0v) is 15.6. The molecular formula is C19H29ClN4O. The fourth-order valence-corrected chi connectivity index (χ4v) is 3.82. The fraction of sp³-hybridized carbons (Fsp3) is 0.632. The topological polar surface area (TPSA) is 47.6 Å². The Morgan fingerprint density at radius 3 is 2.40 bits per heavy atom. The molecule has 0 aromatic heterocycles. The van der Waals surface area contributed by atoms with Crippen molar-refractivity contribution in [1.82, 2.24) is 15.5 Å². The van der Waals surface area contributed by atoms with Crippen molar-refractivity contribution in [2.75, 3.05) is 44.2 Å². The molecule has 1 saturated heterocycles. The summed E-state index contributed by atoms with van der Waals surface area (Å²) in [6.07, 6.45) is 6.04. The van der Waals surface area contributed by atoms with E-state index >= 15 is 0 Å². The van der Waals surface area contributed by atoms with Crippen molar-refractivity contribution >= 4 is 23.3 Å². The molecule has 2 fully saturated rings. The maximum Gasteiger partial charge on any atom is 0.315 e. The fourth-order valence-electron chi connectivity index (χ4n) is 3.69. The molecule has 0 spiro atoms. The number of carbonyl (C=O) groups is 1. The number of urea groups is 1. The van der Waals surface area contributed by atoms with E-state index in [2.05, 4.69) is 32.6 Å². The molecule has 25 heavy (non-hydrogen) atoms. The lowest BCUT2D eigenvalue weighted by Crippen LogP contribution is -2.50. The summed E-state index contributed by atoms with van der Waals surface area (Å²) < 4.78 is 0. The van der Waals surface area contributed by atoms with Gasteiger partial charge in [0.15, 0.2) is 0 Å². The van der Waals surface area contributed by atoms with Gasteiger partial charge in [-0.3, -0.25) is 4.90 Å². The van der Waals surface area contributed by atoms with Gasteiger partial charge in [-0.25, -0.2) is 4.79 Å². The molecule has 3 rings (SSSR count). The molecule has 1 heterocycles. The highest BCUT2D eigenvalue weighted by molar-refractivity contribution is 6.30. The van der Waals surface area contributed by atoms with Gasteiger partial charge in [-0.15, -0.1) is 0 Å². The molecule has 1 saturated carbocycles. The van der Waals surface area contributed by atoms with Crippen LogP contribution in [0, 0.1) is 0 Å². The summed E-state index contributed by atoms with van der Waals surface area (Å²) in [6, 6.07) is 8.41. The third-order valence-corrected chi connectivity index (χ3v) is 5.47. The number of halogens is 1. The molecule has 2 aliphatic rings. The minimum absolute atomic E-state index is 0.00768. The summed E-state index contributed by atoms with van der Waals surface area (Å²) in [4.78, 5) is 16.8. The molecule has 1 aromatic carbocycles. The van der Waals surface area contributed by atoms with Crippen LogP contribution in [0.1, 0.15) is 32.1 Å². The summed E-state index contributed by atoms with van der Waals surface area (Å²) in [5.41, 5.74) is 1.23. The van der Waals surface area contributed by atoms with E-state index in [1.165, 1.54) is 24.9 Å². The summed E-state index contributed by atoms with van der Waals surface area (Å²) in [5, 5.41) is 6.89. The molecule has 1 aliphatic carbocycles. The zero-order valence-electron chi connectivity index (χ0n) is 14.8. The minimum atomic E-state index is -0.00768. The van der Waals surface area contributed by atoms with Gasteiger partial charge >= 0.3 is 6.03 Å². The number of nitrogens with zero attached hydrogens (tertiary/aromatic N) is 2. The predicted molar refractivity (Wildman–Crippen MR) is 104 cm³/mol. The Kier molecular flexibility index (Phi) is 6.82. The second-order valence-corrected chi connectivity index (χ2v) is 7.48. The smallest absolute Gasteiger partial charge is 0.315 e. The number of amides is 2. The summed E-state index contributed by atoms with van der Waals surface area (Å²) >= 11 is 5.95. The monoisotopic (exact) mass is 364 g/mol. The zero-order chi connectivity index (χ0) is 17.5. The van der Waals surface area contributed by atoms with Crippen molar-refractivity contribution in [2.24, 2.45) is 0 Å². The number of rotatable bonds is 5. The lowest BCUT2D eigenvalue weighted by molar-refractivity contribution is 0.225. The van der Waals surface area contributed by atoms with Crippen molar-refractivity contribution < 1.29 is 4.79 Å². The number of hydrogen-bond acceptors (Lipinski definition) is 3. The Morgan fingerprint density at radius 1 is 1.04 bits per heavy atom. The highest BCUT2D eigenvalue weighted by Crippen LogP contribution is 2.19. The highest BCUT2D eigenvalue weighted by Gasteiger charge is 2.18. The number of hydrogen-bond donors (Lipinski definition) is 2. The van der Waals surface area contributed by atoms with E-state index < -0.39 is 0 Å². The van der Waals surface area contributed by atoms with Crippen LogP contribution in [-0.4, -0.2) is 56.2 Å². The van der Waals surface area contributed by atoms with Crippen molar-refractivity contribution in [3.63, 3.8) is 0 Å². The maximum absolute atomic E-state index is 12.0. The van der Waals surface area contributed by atoms with E-state index in [-0.39, 0.29) is 6.03 Å². The second-order valence-electron chi connectivity index (χ2n) is 7.04. The van der Waals surface area contributed by atoms with Crippen LogP contribution in [0.15, 0.2) is 24.3 Å². The van der Waals surface area contributed by atoms with Crippen LogP contribution in [0.2, 0.25) is 5.02 Å². The average Bonchev–Trinajstić information content (AvgIpc) is 2.64. The number of piperazine rings is 1. The molecule has 6 heteroatoms. The van der Waals surface area contributed by atoms with Gasteiger partial charge in [0.2, 0.25) is 0 Å². The first-order valence-corrected chi connectivity index (χ1v) is 9.86. The van der Waals surface area contributed by atoms with E-state index in [9.17, 15) is 4.79 Å². The minimum Gasteiger partial charge on any atom is -0.369 e. The number of carbonyl (C=O) groups excluding carboxylic acids is 1. The maximum atomic E-state index is 12.0. The van der Waals surface area contributed by atoms with E-state index in [1.807, 2.05) is 12.1 Å². The van der Waals surface area contributed by atoms with Gasteiger partial charge in [0, 0.05) is 56.0 Å². The van der Waals surface area contributed by atoms with Crippen LogP contribution < -0.4 is 15.5 Å². The summed E-state index contributed by atoms with van der Waals surface area (Å²) in [6.45, 7) is 5.68. The summed E-state index contributed by atoms with van der Waals surface area (Å²) in [7, 11) is 0. The van der Waals surface area contributed by atoms with Crippen molar-refractivity contribution in [3.8, 4) is 0 Å². The third kappa shape index (κ3) is 5.79. The Balaban J connectivity index is 1.31. The van der Waals surface area contributed by atoms with E-state index in [0.717, 1.165) is 50.6 Å². The number of anilines is 1. The first-order valence-electron chi connectivity index (χ1n) is 9.48. The van der Waals surface area contributed by atoms with E-state index in [0.29, 0.717) is 12.6 Å². The molecule has 2 amide bonds. The van der Waals surface area contributed by atoms with Crippen LogP contribution in [-0.2, 0) is 0 Å². The first-order chi connectivity index (χ1) is 12.2. The lowest BCUT2D eigenvalue weighted by Gasteiger charge is -2.36. The van der Waals surface area contributed by atoms with Gasteiger partial charge in [0.05, 0.1) is 0 Å². The largest absolute Gasteiger partial charge is 0.369 e. The van der Waals surface area contributed by atoms with Crippen LogP contribution in [0.5, 0.6) is 0 Å². The molecule has 1 aromatic rings. The van der Waals surface area contributed by atoms with Gasteiger partial charge in [-0.05, 0) is 37.1 Å². The molecule has 5 nitrogen and oxygen atoms in total. The van der Waals surface area contributed by atoms with Gasteiger partial charge < -0.3 is 15.5 Å². The lowest BCUT2D eigenvalue weighted by atomic mass is 9.96. The molecule has 0 atom stereocenters. The molecule has 0 unspecified atom stereocenters. The Bertz CT molecular complexity index is 537. The standard InChI is InChI=1S/C19H29ClN4O/c20-16-6-8-18(9-7-16)24-14-12-23(13-15-24)11-10-21-19(25)22-17-4-2-1-3-5-17/h6-9,17H,1-5,10-15H2,(H2,21,22,25). The number of benzene rings is 1. The predicted octanol–water partition coefficient (Wildman–Crippen LogP) is 3.09. The van der Waals surface area contributed by atoms with Gasteiger partial charge in [0.1, 0.15) is 0 Å². The molecular weight excluding hydrogens is 336 g/mol. The Morgan fingerprint density at radius 2 is 1.72 bits per heavy atom. The van der Waals surface area contributed by atoms with Crippen molar-refractivity contribution in [1.29, 1.82) is 0 Å². The second kappa shape index (κ2) is 9.30. The highest BCUT2D eigenvalue weighted by atomic mass is 35.5. The summed E-state index contributed by atoms with van der Waals surface area (Å²) in [5.74, 6) is 0.